The molecule has 0 aliphatic rings. The second-order valence-corrected chi connectivity index (χ2v) is 10.1. The van der Waals surface area contributed by atoms with Crippen molar-refractivity contribution in [3.05, 3.63) is 83.4 Å². The molecule has 4 aromatic rings. The van der Waals surface area contributed by atoms with Gasteiger partial charge in [0.25, 0.3) is 0 Å². The molecule has 1 amide bonds. The van der Waals surface area contributed by atoms with Crippen molar-refractivity contribution in [2.45, 2.75) is 11.3 Å². The zero-order valence-corrected chi connectivity index (χ0v) is 19.5. The van der Waals surface area contributed by atoms with Crippen LogP contribution in [0.1, 0.15) is 5.56 Å². The Hall–Kier alpha value is -3.20. The van der Waals surface area contributed by atoms with Gasteiger partial charge in [0.2, 0.25) is 15.9 Å². The molecule has 0 aliphatic heterocycles. The van der Waals surface area contributed by atoms with E-state index in [0.29, 0.717) is 34.8 Å². The van der Waals surface area contributed by atoms with Gasteiger partial charge in [-0.15, -0.1) is 0 Å². The highest BCUT2D eigenvalue weighted by Crippen LogP contribution is 2.24. The van der Waals surface area contributed by atoms with Gasteiger partial charge in [-0.05, 0) is 42.3 Å². The van der Waals surface area contributed by atoms with E-state index in [1.165, 1.54) is 13.1 Å². The van der Waals surface area contributed by atoms with Crippen LogP contribution in [0.2, 0.25) is 5.02 Å². The standard InChI is InChI=1S/C24H23ClN4O3S/c1-29(16-23(30)26-14-13-17-7-9-19(25)10-8-17)33(31,32)20-11-12-21-22(15-20)28-24(27-21)18-5-3-2-4-6-18/h2-12,15H,13-14,16H2,1H3,(H,26,30)(H,27,28). The molecule has 2 N–H and O–H groups in total. The Morgan fingerprint density at radius 1 is 1.06 bits per heavy atom. The molecular weight excluding hydrogens is 460 g/mol. The molecule has 33 heavy (non-hydrogen) atoms. The van der Waals surface area contributed by atoms with Crippen molar-refractivity contribution in [1.82, 2.24) is 19.6 Å². The van der Waals surface area contributed by atoms with Crippen LogP contribution in [0.5, 0.6) is 0 Å². The van der Waals surface area contributed by atoms with Crippen molar-refractivity contribution in [3.8, 4) is 11.4 Å². The lowest BCUT2D eigenvalue weighted by molar-refractivity contribution is -0.121. The van der Waals surface area contributed by atoms with Crippen molar-refractivity contribution in [2.75, 3.05) is 20.1 Å². The smallest absolute Gasteiger partial charge is 0.243 e. The minimum absolute atomic E-state index is 0.0923. The number of carbonyl (C=O) groups excluding carboxylic acids is 1. The van der Waals surface area contributed by atoms with Crippen LogP contribution in [0.3, 0.4) is 0 Å². The Morgan fingerprint density at radius 3 is 2.52 bits per heavy atom. The zero-order valence-electron chi connectivity index (χ0n) is 18.0. The molecule has 0 radical (unpaired) electrons. The fourth-order valence-corrected chi connectivity index (χ4v) is 4.68. The molecule has 3 aromatic carbocycles. The minimum Gasteiger partial charge on any atom is -0.355 e. The number of hydrogen-bond acceptors (Lipinski definition) is 4. The van der Waals surface area contributed by atoms with Gasteiger partial charge in [-0.2, -0.15) is 4.31 Å². The van der Waals surface area contributed by atoms with Crippen LogP contribution < -0.4 is 5.32 Å². The van der Waals surface area contributed by atoms with Crippen molar-refractivity contribution in [3.63, 3.8) is 0 Å². The molecule has 1 aromatic heterocycles. The fourth-order valence-electron chi connectivity index (χ4n) is 3.40. The zero-order chi connectivity index (χ0) is 23.4. The van der Waals surface area contributed by atoms with E-state index in [2.05, 4.69) is 15.3 Å². The maximum absolute atomic E-state index is 13.0. The minimum atomic E-state index is -3.85. The molecule has 0 bridgehead atoms. The summed E-state index contributed by atoms with van der Waals surface area (Å²) in [6.45, 7) is 0.121. The van der Waals surface area contributed by atoms with Gasteiger partial charge in [0.15, 0.2) is 0 Å². The first-order valence-electron chi connectivity index (χ1n) is 10.4. The summed E-state index contributed by atoms with van der Waals surface area (Å²) >= 11 is 5.87. The van der Waals surface area contributed by atoms with E-state index >= 15 is 0 Å². The number of carbonyl (C=O) groups is 1. The monoisotopic (exact) mass is 482 g/mol. The number of benzene rings is 3. The normalized spacial score (nSPS) is 11.7. The summed E-state index contributed by atoms with van der Waals surface area (Å²) in [4.78, 5) is 20.1. The van der Waals surface area contributed by atoms with Gasteiger partial charge in [-0.25, -0.2) is 13.4 Å². The van der Waals surface area contributed by atoms with Crippen LogP contribution in [0, 0.1) is 0 Å². The predicted octanol–water partition coefficient (Wildman–Crippen LogP) is 3.86. The molecule has 170 valence electrons. The Bertz CT molecular complexity index is 1370. The predicted molar refractivity (Wildman–Crippen MR) is 130 cm³/mol. The largest absolute Gasteiger partial charge is 0.355 e. The summed E-state index contributed by atoms with van der Waals surface area (Å²) in [6, 6.07) is 21.6. The van der Waals surface area contributed by atoms with Crippen LogP contribution in [0.4, 0.5) is 0 Å². The first-order chi connectivity index (χ1) is 15.8. The number of fused-ring (bicyclic) bond motifs is 1. The van der Waals surface area contributed by atoms with Gasteiger partial charge < -0.3 is 10.3 Å². The maximum Gasteiger partial charge on any atom is 0.243 e. The fraction of sp³-hybridized carbons (Fsp3) is 0.167. The number of imidazole rings is 1. The quantitative estimate of drug-likeness (QED) is 0.398. The number of nitrogens with zero attached hydrogens (tertiary/aromatic N) is 2. The van der Waals surface area contributed by atoms with Crippen LogP contribution in [0.15, 0.2) is 77.7 Å². The number of aromatic nitrogens is 2. The van der Waals surface area contributed by atoms with Gasteiger partial charge in [0.1, 0.15) is 5.82 Å². The average molecular weight is 483 g/mol. The lowest BCUT2D eigenvalue weighted by atomic mass is 10.1. The topological polar surface area (TPSA) is 95.2 Å². The Labute approximate surface area is 197 Å². The van der Waals surface area contributed by atoms with E-state index in [0.717, 1.165) is 15.4 Å². The van der Waals surface area contributed by atoms with E-state index < -0.39 is 10.0 Å². The Morgan fingerprint density at radius 2 is 1.79 bits per heavy atom. The molecule has 0 spiro atoms. The molecule has 9 heteroatoms. The van der Waals surface area contributed by atoms with Crippen LogP contribution >= 0.6 is 11.6 Å². The Balaban J connectivity index is 1.41. The highest BCUT2D eigenvalue weighted by molar-refractivity contribution is 7.89. The average Bonchev–Trinajstić information content (AvgIpc) is 3.24. The van der Waals surface area contributed by atoms with E-state index in [-0.39, 0.29) is 17.3 Å². The van der Waals surface area contributed by atoms with Gasteiger partial charge >= 0.3 is 0 Å². The van der Waals surface area contributed by atoms with Crippen LogP contribution in [0.25, 0.3) is 22.4 Å². The van der Waals surface area contributed by atoms with E-state index in [9.17, 15) is 13.2 Å². The summed E-state index contributed by atoms with van der Waals surface area (Å²) < 4.78 is 27.1. The number of halogens is 1. The number of aromatic amines is 1. The highest BCUT2D eigenvalue weighted by atomic mass is 35.5. The summed E-state index contributed by atoms with van der Waals surface area (Å²) in [5.41, 5.74) is 3.21. The van der Waals surface area contributed by atoms with E-state index in [1.807, 2.05) is 42.5 Å². The Kier molecular flexibility index (Phi) is 6.78. The van der Waals surface area contributed by atoms with Crippen molar-refractivity contribution < 1.29 is 13.2 Å². The van der Waals surface area contributed by atoms with Crippen LogP contribution in [-0.2, 0) is 21.2 Å². The van der Waals surface area contributed by atoms with Crippen molar-refractivity contribution in [2.24, 2.45) is 0 Å². The lowest BCUT2D eigenvalue weighted by Crippen LogP contribution is -2.39. The summed E-state index contributed by atoms with van der Waals surface area (Å²) in [5.74, 6) is 0.289. The molecule has 0 unspecified atom stereocenters. The third-order valence-corrected chi connectivity index (χ3v) is 7.28. The molecule has 0 saturated heterocycles. The summed E-state index contributed by atoms with van der Waals surface area (Å²) in [5, 5.41) is 3.41. The van der Waals surface area contributed by atoms with Gasteiger partial charge in [-0.1, -0.05) is 54.1 Å². The number of nitrogens with one attached hydrogen (secondary N) is 2. The number of likely N-dealkylation sites (N-methyl/N-ethyl adjacent to an activating group) is 1. The third kappa shape index (κ3) is 5.42. The number of H-pyrrole nitrogens is 1. The molecule has 1 heterocycles. The van der Waals surface area contributed by atoms with Gasteiger partial charge in [-0.3, -0.25) is 4.79 Å². The molecular formula is C24H23ClN4O3S. The van der Waals surface area contributed by atoms with Gasteiger partial charge in [0.05, 0.1) is 22.5 Å². The lowest BCUT2D eigenvalue weighted by Gasteiger charge is -2.17. The first kappa shape index (κ1) is 23.0. The van der Waals surface area contributed by atoms with E-state index in [4.69, 9.17) is 11.6 Å². The summed E-state index contributed by atoms with van der Waals surface area (Å²) in [7, 11) is -2.46. The number of amides is 1. The number of rotatable bonds is 8. The van der Waals surface area contributed by atoms with Crippen molar-refractivity contribution in [1.29, 1.82) is 0 Å². The number of hydrogen-bond donors (Lipinski definition) is 2. The molecule has 0 aliphatic carbocycles. The third-order valence-electron chi connectivity index (χ3n) is 5.22. The van der Waals surface area contributed by atoms with Crippen molar-refractivity contribution >= 4 is 38.6 Å². The first-order valence-corrected chi connectivity index (χ1v) is 12.2. The number of sulfonamides is 1. The molecule has 7 nitrogen and oxygen atoms in total. The molecule has 0 saturated carbocycles. The molecule has 4 rings (SSSR count). The van der Waals surface area contributed by atoms with Gasteiger partial charge in [0, 0.05) is 24.2 Å². The molecule has 0 fully saturated rings. The van der Waals surface area contributed by atoms with E-state index in [1.54, 1.807) is 24.3 Å². The summed E-state index contributed by atoms with van der Waals surface area (Å²) in [6.07, 6.45) is 0.625. The molecule has 0 atom stereocenters. The second-order valence-electron chi connectivity index (χ2n) is 7.62. The maximum atomic E-state index is 13.0. The highest BCUT2D eigenvalue weighted by Gasteiger charge is 2.23. The SMILES string of the molecule is CN(CC(=O)NCCc1ccc(Cl)cc1)S(=O)(=O)c1ccc2nc(-c3ccccc3)[nH]c2c1. The van der Waals surface area contributed by atoms with Crippen LogP contribution in [-0.4, -0.2) is 48.7 Å². The second kappa shape index (κ2) is 9.74.